The molecule has 36 heavy (non-hydrogen) atoms. The lowest BCUT2D eigenvalue weighted by atomic mass is 10.00. The Hall–Kier alpha value is -2.53. The fraction of sp³-hybridized carbons (Fsp3) is 0.600. The molecular weight excluding hydrogens is 483 g/mol. The molecule has 11 heteroatoms. The van der Waals surface area contributed by atoms with Crippen LogP contribution in [-0.2, 0) is 4.74 Å². The summed E-state index contributed by atoms with van der Waals surface area (Å²) in [6, 6.07) is 6.38. The molecule has 2 aromatic rings. The summed E-state index contributed by atoms with van der Waals surface area (Å²) in [7, 11) is 0. The second-order valence-electron chi connectivity index (χ2n) is 9.99. The largest absolute Gasteiger partial charge is 0.573 e. The Morgan fingerprint density at radius 3 is 2.42 bits per heavy atom. The van der Waals surface area contributed by atoms with E-state index in [1.807, 2.05) is 0 Å². The standard InChI is InChI=1S/C25H29F5N4O2/c26-23(27)20-11-21(19-3-1-2-4-22(19)36-25(28,29)30)32-33-24(20)31-18-9-16-13-34(14-17(16)10-18)12-15-5-7-35-8-6-15/h1-4,11,15-18,23H,5-10,12-14H2,(H,31,33)/t16-,17+,18?. The van der Waals surface area contributed by atoms with Crippen LogP contribution in [0.2, 0.25) is 0 Å². The number of rotatable bonds is 7. The van der Waals surface area contributed by atoms with Crippen molar-refractivity contribution in [2.45, 2.75) is 44.5 Å². The quantitative estimate of drug-likeness (QED) is 0.493. The number of likely N-dealkylation sites (tertiary alicyclic amines) is 1. The van der Waals surface area contributed by atoms with Gasteiger partial charge in [0.2, 0.25) is 0 Å². The summed E-state index contributed by atoms with van der Waals surface area (Å²) in [6.45, 7) is 4.80. The van der Waals surface area contributed by atoms with Crippen molar-refractivity contribution < 1.29 is 31.4 Å². The van der Waals surface area contributed by atoms with E-state index in [4.69, 9.17) is 4.74 Å². The fourth-order valence-electron chi connectivity index (χ4n) is 5.86. The Morgan fingerprint density at radius 2 is 1.75 bits per heavy atom. The zero-order valence-corrected chi connectivity index (χ0v) is 19.7. The monoisotopic (exact) mass is 512 g/mol. The van der Waals surface area contributed by atoms with Crippen molar-refractivity contribution in [1.29, 1.82) is 0 Å². The molecule has 0 spiro atoms. The zero-order valence-electron chi connectivity index (χ0n) is 19.7. The summed E-state index contributed by atoms with van der Waals surface area (Å²) in [5.41, 5.74) is -0.557. The Kier molecular flexibility index (Phi) is 7.30. The molecule has 0 bridgehead atoms. The van der Waals surface area contributed by atoms with E-state index in [-0.39, 0.29) is 28.7 Å². The van der Waals surface area contributed by atoms with Gasteiger partial charge in [0.25, 0.3) is 6.43 Å². The van der Waals surface area contributed by atoms with Gasteiger partial charge in [-0.3, -0.25) is 0 Å². The van der Waals surface area contributed by atoms with Gasteiger partial charge < -0.3 is 19.7 Å². The molecule has 0 amide bonds. The second-order valence-corrected chi connectivity index (χ2v) is 9.99. The summed E-state index contributed by atoms with van der Waals surface area (Å²) >= 11 is 0. The van der Waals surface area contributed by atoms with Gasteiger partial charge in [-0.25, -0.2) is 8.78 Å². The highest BCUT2D eigenvalue weighted by Crippen LogP contribution is 2.41. The van der Waals surface area contributed by atoms with Gasteiger partial charge in [0.15, 0.2) is 5.82 Å². The van der Waals surface area contributed by atoms with Crippen LogP contribution in [0.1, 0.15) is 37.7 Å². The number of hydrogen-bond donors (Lipinski definition) is 1. The maximum atomic E-state index is 13.9. The second kappa shape index (κ2) is 10.5. The van der Waals surface area contributed by atoms with Crippen LogP contribution in [0, 0.1) is 17.8 Å². The fourth-order valence-corrected chi connectivity index (χ4v) is 5.86. The van der Waals surface area contributed by atoms with Crippen molar-refractivity contribution in [2.75, 3.05) is 38.2 Å². The van der Waals surface area contributed by atoms with Crippen molar-refractivity contribution in [1.82, 2.24) is 15.1 Å². The molecule has 3 aliphatic rings. The van der Waals surface area contributed by atoms with E-state index in [1.165, 1.54) is 18.2 Å². The minimum atomic E-state index is -4.92. The van der Waals surface area contributed by atoms with E-state index in [0.29, 0.717) is 17.8 Å². The van der Waals surface area contributed by atoms with Crippen LogP contribution in [0.15, 0.2) is 30.3 Å². The highest BCUT2D eigenvalue weighted by Gasteiger charge is 2.41. The molecule has 2 saturated heterocycles. The Balaban J connectivity index is 1.25. The van der Waals surface area contributed by atoms with E-state index in [1.54, 1.807) is 0 Å². The summed E-state index contributed by atoms with van der Waals surface area (Å²) in [5, 5.41) is 11.1. The molecule has 1 aromatic carbocycles. The van der Waals surface area contributed by atoms with Crippen LogP contribution >= 0.6 is 0 Å². The number of ether oxygens (including phenoxy) is 2. The number of nitrogens with zero attached hydrogens (tertiary/aromatic N) is 3. The van der Waals surface area contributed by atoms with E-state index in [0.717, 1.165) is 70.7 Å². The molecule has 1 N–H and O–H groups in total. The van der Waals surface area contributed by atoms with E-state index in [2.05, 4.69) is 25.2 Å². The lowest BCUT2D eigenvalue weighted by molar-refractivity contribution is -0.274. The lowest BCUT2D eigenvalue weighted by Gasteiger charge is -2.28. The number of hydrogen-bond acceptors (Lipinski definition) is 6. The number of para-hydroxylation sites is 1. The molecule has 1 saturated carbocycles. The first-order valence-electron chi connectivity index (χ1n) is 12.3. The highest BCUT2D eigenvalue weighted by molar-refractivity contribution is 5.68. The first-order chi connectivity index (χ1) is 17.2. The number of anilines is 1. The van der Waals surface area contributed by atoms with Gasteiger partial charge in [0, 0.05) is 44.5 Å². The van der Waals surface area contributed by atoms with Crippen molar-refractivity contribution in [3.63, 3.8) is 0 Å². The van der Waals surface area contributed by atoms with Crippen molar-refractivity contribution in [3.05, 3.63) is 35.9 Å². The highest BCUT2D eigenvalue weighted by atomic mass is 19.4. The molecule has 0 radical (unpaired) electrons. The molecular formula is C25H29F5N4O2. The van der Waals surface area contributed by atoms with Crippen molar-refractivity contribution in [3.8, 4) is 17.0 Å². The molecule has 5 rings (SSSR count). The van der Waals surface area contributed by atoms with Gasteiger partial charge in [-0.1, -0.05) is 12.1 Å². The smallest absolute Gasteiger partial charge is 0.405 e. The summed E-state index contributed by atoms with van der Waals surface area (Å²) in [5.74, 6) is 1.16. The maximum absolute atomic E-state index is 13.9. The number of nitrogens with one attached hydrogen (secondary N) is 1. The molecule has 6 nitrogen and oxygen atoms in total. The molecule has 1 aromatic heterocycles. The van der Waals surface area contributed by atoms with Gasteiger partial charge in [-0.15, -0.1) is 23.4 Å². The minimum Gasteiger partial charge on any atom is -0.405 e. The Bertz CT molecular complexity index is 1030. The number of fused-ring (bicyclic) bond motifs is 1. The van der Waals surface area contributed by atoms with Crippen LogP contribution in [-0.4, -0.2) is 60.3 Å². The van der Waals surface area contributed by atoms with Crippen LogP contribution in [0.25, 0.3) is 11.3 Å². The number of aromatic nitrogens is 2. The SMILES string of the molecule is FC(F)c1cc(-c2ccccc2OC(F)(F)F)nnc1NC1C[C@@H]2CN(CC3CCOCC3)C[C@@H]2C1. The van der Waals surface area contributed by atoms with Crippen LogP contribution < -0.4 is 10.1 Å². The summed E-state index contributed by atoms with van der Waals surface area (Å²) in [6.07, 6.45) is -3.85. The van der Waals surface area contributed by atoms with Gasteiger partial charge in [0.05, 0.1) is 11.3 Å². The van der Waals surface area contributed by atoms with Crippen LogP contribution in [0.4, 0.5) is 27.8 Å². The normalized spacial score (nSPS) is 25.3. The van der Waals surface area contributed by atoms with Gasteiger partial charge in [0.1, 0.15) is 5.75 Å². The van der Waals surface area contributed by atoms with Gasteiger partial charge >= 0.3 is 6.36 Å². The first kappa shape index (κ1) is 25.1. The van der Waals surface area contributed by atoms with Crippen molar-refractivity contribution in [2.24, 2.45) is 17.8 Å². The van der Waals surface area contributed by atoms with Crippen molar-refractivity contribution >= 4 is 5.82 Å². The molecule has 1 aliphatic carbocycles. The molecule has 1 unspecified atom stereocenters. The number of alkyl halides is 5. The average Bonchev–Trinajstić information content (AvgIpc) is 3.37. The van der Waals surface area contributed by atoms with E-state index < -0.39 is 18.5 Å². The Labute approximate surface area is 206 Å². The first-order valence-corrected chi connectivity index (χ1v) is 12.3. The average molecular weight is 513 g/mol. The maximum Gasteiger partial charge on any atom is 0.573 e. The van der Waals surface area contributed by atoms with Gasteiger partial charge in [-0.05, 0) is 61.6 Å². The molecule has 3 heterocycles. The van der Waals surface area contributed by atoms with Crippen LogP contribution in [0.3, 0.4) is 0 Å². The number of halogens is 5. The molecule has 196 valence electrons. The molecule has 2 aliphatic heterocycles. The summed E-state index contributed by atoms with van der Waals surface area (Å²) < 4.78 is 75.7. The number of benzene rings is 1. The van der Waals surface area contributed by atoms with E-state index in [9.17, 15) is 22.0 Å². The predicted molar refractivity (Wildman–Crippen MR) is 123 cm³/mol. The third kappa shape index (κ3) is 5.88. The molecule has 3 fully saturated rings. The third-order valence-electron chi connectivity index (χ3n) is 7.47. The Morgan fingerprint density at radius 1 is 1.06 bits per heavy atom. The zero-order chi connectivity index (χ0) is 25.3. The minimum absolute atomic E-state index is 0.00345. The van der Waals surface area contributed by atoms with Gasteiger partial charge in [-0.2, -0.15) is 0 Å². The predicted octanol–water partition coefficient (Wildman–Crippen LogP) is 5.53. The molecule has 3 atom stereocenters. The third-order valence-corrected chi connectivity index (χ3v) is 7.47. The topological polar surface area (TPSA) is 59.5 Å². The lowest BCUT2D eigenvalue weighted by Crippen LogP contribution is -2.32. The summed E-state index contributed by atoms with van der Waals surface area (Å²) in [4.78, 5) is 2.53. The van der Waals surface area contributed by atoms with E-state index >= 15 is 0 Å². The van der Waals surface area contributed by atoms with Crippen LogP contribution in [0.5, 0.6) is 5.75 Å².